The number of hydrogen-bond acceptors (Lipinski definition) is 4. The van der Waals surface area contributed by atoms with Crippen molar-refractivity contribution in [2.45, 2.75) is 0 Å². The number of rotatable bonds is 3. The molecule has 20 heavy (non-hydrogen) atoms. The summed E-state index contributed by atoms with van der Waals surface area (Å²) in [5.41, 5.74) is -0.236. The van der Waals surface area contributed by atoms with E-state index < -0.39 is 16.5 Å². The lowest BCUT2D eigenvalue weighted by Crippen LogP contribution is -2.25. The largest absolute Gasteiger partial charge is 0.477 e. The third-order valence-electron chi connectivity index (χ3n) is 2.89. The van der Waals surface area contributed by atoms with E-state index in [-0.39, 0.29) is 11.3 Å². The van der Waals surface area contributed by atoms with Crippen molar-refractivity contribution in [3.8, 4) is 11.3 Å². The molecule has 2 aromatic rings. The third-order valence-corrected chi connectivity index (χ3v) is 2.89. The molecule has 0 spiro atoms. The summed E-state index contributed by atoms with van der Waals surface area (Å²) in [7, 11) is 1.42. The fraction of sp³-hybridized carbons (Fsp3) is 0.0769. The van der Waals surface area contributed by atoms with Crippen LogP contribution in [0.1, 0.15) is 10.4 Å². The molecule has 0 aliphatic carbocycles. The van der Waals surface area contributed by atoms with Gasteiger partial charge in [0.15, 0.2) is 0 Å². The van der Waals surface area contributed by atoms with Crippen LogP contribution in [0.25, 0.3) is 11.3 Å². The van der Waals surface area contributed by atoms with Gasteiger partial charge in [-0.15, -0.1) is 0 Å². The van der Waals surface area contributed by atoms with Crippen molar-refractivity contribution in [2.75, 3.05) is 0 Å². The van der Waals surface area contributed by atoms with Gasteiger partial charge in [-0.1, -0.05) is 12.1 Å². The van der Waals surface area contributed by atoms with Gasteiger partial charge in [-0.3, -0.25) is 14.9 Å². The first-order chi connectivity index (χ1) is 9.41. The van der Waals surface area contributed by atoms with Gasteiger partial charge >= 0.3 is 5.97 Å². The molecule has 0 saturated heterocycles. The van der Waals surface area contributed by atoms with Crippen LogP contribution in [0.5, 0.6) is 0 Å². The Morgan fingerprint density at radius 1 is 1.30 bits per heavy atom. The molecule has 1 aromatic carbocycles. The zero-order chi connectivity index (χ0) is 14.9. The molecule has 1 heterocycles. The number of carboxylic acids is 1. The van der Waals surface area contributed by atoms with E-state index >= 15 is 0 Å². The minimum atomic E-state index is -1.31. The van der Waals surface area contributed by atoms with Crippen LogP contribution in [0.15, 0.2) is 41.2 Å². The zero-order valence-corrected chi connectivity index (χ0v) is 10.4. The second-order valence-corrected chi connectivity index (χ2v) is 4.11. The smallest absolute Gasteiger partial charge is 0.341 e. The molecule has 0 atom stereocenters. The maximum Gasteiger partial charge on any atom is 0.341 e. The van der Waals surface area contributed by atoms with Crippen LogP contribution in [0.4, 0.5) is 5.69 Å². The Hall–Kier alpha value is -2.96. The molecule has 0 aliphatic heterocycles. The fourth-order valence-corrected chi connectivity index (χ4v) is 1.87. The molecular weight excluding hydrogens is 264 g/mol. The van der Waals surface area contributed by atoms with E-state index in [4.69, 9.17) is 5.11 Å². The monoisotopic (exact) mass is 274 g/mol. The maximum absolute atomic E-state index is 11.9. The zero-order valence-electron chi connectivity index (χ0n) is 10.4. The topological polar surface area (TPSA) is 102 Å². The first-order valence-corrected chi connectivity index (χ1v) is 5.60. The molecule has 2 rings (SSSR count). The number of nitro groups is 1. The van der Waals surface area contributed by atoms with Crippen LogP contribution in [0.2, 0.25) is 0 Å². The molecule has 7 nitrogen and oxygen atoms in total. The summed E-state index contributed by atoms with van der Waals surface area (Å²) in [6, 6.07) is 8.43. The summed E-state index contributed by atoms with van der Waals surface area (Å²) >= 11 is 0. The first-order valence-electron chi connectivity index (χ1n) is 5.60. The van der Waals surface area contributed by atoms with Gasteiger partial charge in [0.05, 0.1) is 10.6 Å². The van der Waals surface area contributed by atoms with Crippen LogP contribution < -0.4 is 5.56 Å². The Balaban J connectivity index is 2.62. The molecule has 7 heteroatoms. The van der Waals surface area contributed by atoms with Gasteiger partial charge in [0, 0.05) is 24.7 Å². The van der Waals surface area contributed by atoms with E-state index in [1.807, 2.05) is 0 Å². The summed E-state index contributed by atoms with van der Waals surface area (Å²) in [5, 5.41) is 19.6. The molecule has 102 valence electrons. The van der Waals surface area contributed by atoms with E-state index in [0.717, 1.165) is 4.57 Å². The number of aromatic carboxylic acids is 1. The summed E-state index contributed by atoms with van der Waals surface area (Å²) < 4.78 is 1.16. The van der Waals surface area contributed by atoms with Crippen molar-refractivity contribution >= 4 is 11.7 Å². The van der Waals surface area contributed by atoms with Crippen LogP contribution in [0.3, 0.4) is 0 Å². The van der Waals surface area contributed by atoms with Gasteiger partial charge < -0.3 is 9.67 Å². The summed E-state index contributed by atoms with van der Waals surface area (Å²) in [5.74, 6) is -1.31. The van der Waals surface area contributed by atoms with Crippen LogP contribution in [-0.4, -0.2) is 20.6 Å². The highest BCUT2D eigenvalue weighted by Gasteiger charge is 2.14. The molecule has 0 amide bonds. The average molecular weight is 274 g/mol. The SMILES string of the molecule is Cn1c(-c2cccc([N+](=O)[O-])c2)ccc(C(=O)O)c1=O. The second-order valence-electron chi connectivity index (χ2n) is 4.11. The number of nitrogens with zero attached hydrogens (tertiary/aromatic N) is 2. The third kappa shape index (κ3) is 2.28. The quantitative estimate of drug-likeness (QED) is 0.677. The summed E-state index contributed by atoms with van der Waals surface area (Å²) in [6.07, 6.45) is 0. The Morgan fingerprint density at radius 3 is 2.60 bits per heavy atom. The van der Waals surface area contributed by atoms with Gasteiger partial charge in [0.1, 0.15) is 5.56 Å². The Labute approximate surface area is 112 Å². The van der Waals surface area contributed by atoms with Crippen LogP contribution in [-0.2, 0) is 7.05 Å². The molecular formula is C13H10N2O5. The molecule has 0 unspecified atom stereocenters. The molecule has 1 N–H and O–H groups in total. The molecule has 0 saturated carbocycles. The fourth-order valence-electron chi connectivity index (χ4n) is 1.87. The first kappa shape index (κ1) is 13.5. The minimum Gasteiger partial charge on any atom is -0.477 e. The second kappa shape index (κ2) is 4.96. The number of pyridine rings is 1. The molecule has 1 aromatic heterocycles. The van der Waals surface area contributed by atoms with E-state index in [9.17, 15) is 19.7 Å². The van der Waals surface area contributed by atoms with Gasteiger partial charge in [-0.25, -0.2) is 4.79 Å². The number of non-ortho nitro benzene ring substituents is 1. The Morgan fingerprint density at radius 2 is 2.00 bits per heavy atom. The average Bonchev–Trinajstić information content (AvgIpc) is 2.41. The van der Waals surface area contributed by atoms with Gasteiger partial charge in [-0.05, 0) is 12.1 Å². The number of carboxylic acid groups (broad SMARTS) is 1. The number of benzene rings is 1. The van der Waals surface area contributed by atoms with E-state index in [0.29, 0.717) is 11.3 Å². The normalized spacial score (nSPS) is 10.2. The van der Waals surface area contributed by atoms with E-state index in [1.165, 1.54) is 37.4 Å². The van der Waals surface area contributed by atoms with Gasteiger partial charge in [0.2, 0.25) is 0 Å². The molecule has 0 fully saturated rings. The minimum absolute atomic E-state index is 0.0998. The van der Waals surface area contributed by atoms with Crippen molar-refractivity contribution in [1.29, 1.82) is 0 Å². The Kier molecular flexibility index (Phi) is 3.34. The van der Waals surface area contributed by atoms with Crippen molar-refractivity contribution in [3.05, 3.63) is 62.4 Å². The highest BCUT2D eigenvalue weighted by atomic mass is 16.6. The lowest BCUT2D eigenvalue weighted by molar-refractivity contribution is -0.384. The summed E-state index contributed by atoms with van der Waals surface area (Å²) in [6.45, 7) is 0. The van der Waals surface area contributed by atoms with Crippen molar-refractivity contribution in [3.63, 3.8) is 0 Å². The standard InChI is InChI=1S/C13H10N2O5/c1-14-11(6-5-10(12(14)16)13(17)18)8-3-2-4-9(7-8)15(19)20/h2-7H,1H3,(H,17,18). The number of carbonyl (C=O) groups is 1. The van der Waals surface area contributed by atoms with E-state index in [1.54, 1.807) is 6.07 Å². The van der Waals surface area contributed by atoms with Crippen molar-refractivity contribution in [1.82, 2.24) is 4.57 Å². The lowest BCUT2D eigenvalue weighted by atomic mass is 10.1. The number of aromatic nitrogens is 1. The maximum atomic E-state index is 11.9. The van der Waals surface area contributed by atoms with Crippen molar-refractivity contribution < 1.29 is 14.8 Å². The van der Waals surface area contributed by atoms with E-state index in [2.05, 4.69) is 0 Å². The molecule has 0 aliphatic rings. The van der Waals surface area contributed by atoms with Gasteiger partial charge in [0.25, 0.3) is 11.2 Å². The number of hydrogen-bond donors (Lipinski definition) is 1. The predicted octanol–water partition coefficient (Wildman–Crippen LogP) is 1.66. The van der Waals surface area contributed by atoms with Gasteiger partial charge in [-0.2, -0.15) is 0 Å². The number of nitro benzene ring substituents is 1. The highest BCUT2D eigenvalue weighted by Crippen LogP contribution is 2.22. The predicted molar refractivity (Wildman–Crippen MR) is 70.7 cm³/mol. The molecule has 0 bridgehead atoms. The summed E-state index contributed by atoms with van der Waals surface area (Å²) in [4.78, 5) is 32.9. The molecule has 0 radical (unpaired) electrons. The lowest BCUT2D eigenvalue weighted by Gasteiger charge is -2.09. The van der Waals surface area contributed by atoms with Crippen molar-refractivity contribution in [2.24, 2.45) is 7.05 Å². The highest BCUT2D eigenvalue weighted by molar-refractivity contribution is 5.87. The Bertz CT molecular complexity index is 764. The van der Waals surface area contributed by atoms with Crippen LogP contribution in [0, 0.1) is 10.1 Å². The van der Waals surface area contributed by atoms with Crippen LogP contribution >= 0.6 is 0 Å².